The number of carbonyl (C=O) groups is 2. The van der Waals surface area contributed by atoms with Gasteiger partial charge in [0.15, 0.2) is 17.9 Å². The summed E-state index contributed by atoms with van der Waals surface area (Å²) in [6.07, 6.45) is 0.163. The van der Waals surface area contributed by atoms with Gasteiger partial charge < -0.3 is 19.7 Å². The van der Waals surface area contributed by atoms with Crippen molar-refractivity contribution in [3.63, 3.8) is 0 Å². The van der Waals surface area contributed by atoms with Crippen LogP contribution in [0, 0.1) is 0 Å². The Morgan fingerprint density at radius 3 is 2.50 bits per heavy atom. The van der Waals surface area contributed by atoms with E-state index in [9.17, 15) is 19.8 Å². The van der Waals surface area contributed by atoms with E-state index >= 15 is 0 Å². The molecule has 2 aromatic rings. The highest BCUT2D eigenvalue weighted by molar-refractivity contribution is 6.29. The summed E-state index contributed by atoms with van der Waals surface area (Å²) in [5, 5.41) is 22.0. The molecule has 0 spiro atoms. The number of benzene rings is 2. The third-order valence-corrected chi connectivity index (χ3v) is 6.13. The molecule has 2 aliphatic carbocycles. The van der Waals surface area contributed by atoms with Gasteiger partial charge in [0.1, 0.15) is 11.9 Å². The zero-order chi connectivity index (χ0) is 19.6. The number of phenols is 1. The summed E-state index contributed by atoms with van der Waals surface area (Å²) in [5.74, 6) is -0.765. The Labute approximate surface area is 161 Å². The van der Waals surface area contributed by atoms with E-state index in [2.05, 4.69) is 0 Å². The van der Waals surface area contributed by atoms with Crippen molar-refractivity contribution < 1.29 is 29.3 Å². The van der Waals surface area contributed by atoms with Crippen LogP contribution in [0.15, 0.2) is 30.3 Å². The number of hydrogen-bond acceptors (Lipinski definition) is 6. The van der Waals surface area contributed by atoms with Gasteiger partial charge in [0.25, 0.3) is 0 Å². The summed E-state index contributed by atoms with van der Waals surface area (Å²) in [6.45, 7) is 2.08. The van der Waals surface area contributed by atoms with Crippen LogP contribution < -0.4 is 0 Å². The lowest BCUT2D eigenvalue weighted by Gasteiger charge is -2.38. The SMILES string of the molecule is CC1OCC(C2(O)CCc3c(cc4c(c3O)C(=O)c3ccccc3C4=O)C2)O1. The maximum atomic E-state index is 13.0. The third-order valence-electron chi connectivity index (χ3n) is 6.13. The van der Waals surface area contributed by atoms with E-state index in [0.717, 1.165) is 0 Å². The second kappa shape index (κ2) is 5.98. The fourth-order valence-corrected chi connectivity index (χ4v) is 4.62. The lowest BCUT2D eigenvalue weighted by molar-refractivity contribution is -0.116. The van der Waals surface area contributed by atoms with E-state index in [1.807, 2.05) is 0 Å². The number of rotatable bonds is 1. The number of carbonyl (C=O) groups excluding carboxylic acids is 2. The van der Waals surface area contributed by atoms with Crippen molar-refractivity contribution in [3.8, 4) is 5.75 Å². The molecule has 144 valence electrons. The molecular formula is C22H20O6. The maximum Gasteiger partial charge on any atom is 0.198 e. The normalized spacial score (nSPS) is 28.6. The first-order valence-electron chi connectivity index (χ1n) is 9.44. The average Bonchev–Trinajstić information content (AvgIpc) is 3.13. The van der Waals surface area contributed by atoms with Crippen LogP contribution in [0.25, 0.3) is 0 Å². The highest BCUT2D eigenvalue weighted by atomic mass is 16.7. The molecule has 1 heterocycles. The standard InChI is InChI=1S/C22H20O6/c1-11-27-10-17(28-11)22(26)7-6-13-12(9-22)8-16-18(20(13)24)21(25)15-5-3-2-4-14(15)19(16)23/h2-5,8,11,17,24,26H,6-7,9-10H2,1H3. The Morgan fingerprint density at radius 1 is 1.11 bits per heavy atom. The van der Waals surface area contributed by atoms with Crippen LogP contribution in [0.3, 0.4) is 0 Å². The van der Waals surface area contributed by atoms with Crippen molar-refractivity contribution >= 4 is 11.6 Å². The molecule has 5 rings (SSSR count). The zero-order valence-electron chi connectivity index (χ0n) is 15.4. The third kappa shape index (κ3) is 2.38. The number of hydrogen-bond donors (Lipinski definition) is 2. The smallest absolute Gasteiger partial charge is 0.198 e. The summed E-state index contributed by atoms with van der Waals surface area (Å²) in [6, 6.07) is 8.30. The molecule has 0 saturated carbocycles. The molecule has 0 amide bonds. The van der Waals surface area contributed by atoms with Crippen LogP contribution in [0.5, 0.6) is 5.75 Å². The largest absolute Gasteiger partial charge is 0.507 e. The van der Waals surface area contributed by atoms with E-state index < -0.39 is 11.7 Å². The fraction of sp³-hybridized carbons (Fsp3) is 0.364. The van der Waals surface area contributed by atoms with Crippen molar-refractivity contribution in [3.05, 3.63) is 63.7 Å². The summed E-state index contributed by atoms with van der Waals surface area (Å²) < 4.78 is 11.1. The van der Waals surface area contributed by atoms with E-state index in [0.29, 0.717) is 41.7 Å². The maximum absolute atomic E-state index is 13.0. The Balaban J connectivity index is 1.60. The van der Waals surface area contributed by atoms with Crippen LogP contribution in [0.4, 0.5) is 0 Å². The van der Waals surface area contributed by atoms with Gasteiger partial charge in [-0.3, -0.25) is 9.59 Å². The van der Waals surface area contributed by atoms with Crippen LogP contribution in [0.2, 0.25) is 0 Å². The van der Waals surface area contributed by atoms with E-state index in [-0.39, 0.29) is 41.2 Å². The minimum absolute atomic E-state index is 0.0713. The molecule has 1 saturated heterocycles. The van der Waals surface area contributed by atoms with Gasteiger partial charge in [0, 0.05) is 23.1 Å². The molecule has 3 unspecified atom stereocenters. The van der Waals surface area contributed by atoms with Crippen LogP contribution in [-0.2, 0) is 22.3 Å². The quantitative estimate of drug-likeness (QED) is 0.672. The first-order valence-corrected chi connectivity index (χ1v) is 9.44. The molecule has 0 bridgehead atoms. The number of ketones is 2. The Bertz CT molecular complexity index is 1030. The van der Waals surface area contributed by atoms with Crippen molar-refractivity contribution in [1.82, 2.24) is 0 Å². The molecule has 0 radical (unpaired) electrons. The van der Waals surface area contributed by atoms with E-state index in [1.165, 1.54) is 0 Å². The highest BCUT2D eigenvalue weighted by Gasteiger charge is 2.46. The van der Waals surface area contributed by atoms with Crippen LogP contribution >= 0.6 is 0 Å². The molecule has 2 aromatic carbocycles. The predicted molar refractivity (Wildman–Crippen MR) is 98.7 cm³/mol. The average molecular weight is 380 g/mol. The monoisotopic (exact) mass is 380 g/mol. The minimum Gasteiger partial charge on any atom is -0.507 e. The van der Waals surface area contributed by atoms with Crippen molar-refractivity contribution in [2.45, 2.75) is 44.2 Å². The lowest BCUT2D eigenvalue weighted by atomic mass is 9.73. The van der Waals surface area contributed by atoms with E-state index in [1.54, 1.807) is 37.3 Å². The summed E-state index contributed by atoms with van der Waals surface area (Å²) in [7, 11) is 0. The van der Waals surface area contributed by atoms with Gasteiger partial charge in [-0.25, -0.2) is 0 Å². The molecule has 6 nitrogen and oxygen atoms in total. The molecule has 3 atom stereocenters. The summed E-state index contributed by atoms with van der Waals surface area (Å²) >= 11 is 0. The lowest BCUT2D eigenvalue weighted by Crippen LogP contribution is -2.48. The van der Waals surface area contributed by atoms with Gasteiger partial charge in [0.05, 0.1) is 17.8 Å². The Kier molecular flexibility index (Phi) is 3.75. The topological polar surface area (TPSA) is 93.1 Å². The summed E-state index contributed by atoms with van der Waals surface area (Å²) in [5.41, 5.74) is 1.07. The molecule has 3 aliphatic rings. The highest BCUT2D eigenvalue weighted by Crippen LogP contribution is 2.43. The zero-order valence-corrected chi connectivity index (χ0v) is 15.4. The number of aromatic hydroxyl groups is 1. The van der Waals surface area contributed by atoms with Gasteiger partial charge in [-0.2, -0.15) is 0 Å². The molecule has 1 aliphatic heterocycles. The number of aliphatic hydroxyl groups is 1. The second-order valence-electron chi connectivity index (χ2n) is 7.80. The van der Waals surface area contributed by atoms with Gasteiger partial charge in [-0.1, -0.05) is 24.3 Å². The molecular weight excluding hydrogens is 360 g/mol. The second-order valence-corrected chi connectivity index (χ2v) is 7.80. The first kappa shape index (κ1) is 17.6. The minimum atomic E-state index is -1.14. The first-order chi connectivity index (χ1) is 13.4. The van der Waals surface area contributed by atoms with Gasteiger partial charge in [0.2, 0.25) is 0 Å². The Morgan fingerprint density at radius 2 is 1.82 bits per heavy atom. The Hall–Kier alpha value is -2.54. The molecule has 1 fully saturated rings. The summed E-state index contributed by atoms with van der Waals surface area (Å²) in [4.78, 5) is 25.9. The number of fused-ring (bicyclic) bond motifs is 3. The molecule has 2 N–H and O–H groups in total. The fourth-order valence-electron chi connectivity index (χ4n) is 4.62. The van der Waals surface area contributed by atoms with Crippen LogP contribution in [-0.4, -0.2) is 46.4 Å². The molecule has 0 aromatic heterocycles. The van der Waals surface area contributed by atoms with Gasteiger partial charge in [-0.15, -0.1) is 0 Å². The molecule has 28 heavy (non-hydrogen) atoms. The van der Waals surface area contributed by atoms with Crippen LogP contribution in [0.1, 0.15) is 56.3 Å². The van der Waals surface area contributed by atoms with Gasteiger partial charge in [-0.05, 0) is 37.0 Å². The number of ether oxygens (including phenoxy) is 2. The van der Waals surface area contributed by atoms with Gasteiger partial charge >= 0.3 is 0 Å². The van der Waals surface area contributed by atoms with Crippen molar-refractivity contribution in [2.75, 3.05) is 6.61 Å². The van der Waals surface area contributed by atoms with Crippen molar-refractivity contribution in [2.24, 2.45) is 0 Å². The molecule has 6 heteroatoms. The van der Waals surface area contributed by atoms with E-state index in [4.69, 9.17) is 9.47 Å². The predicted octanol–water partition coefficient (Wildman–Crippen LogP) is 2.15. The van der Waals surface area contributed by atoms with Crippen molar-refractivity contribution in [1.29, 1.82) is 0 Å². The number of phenolic OH excluding ortho intramolecular Hbond substituents is 1.